The molecule has 2 aromatic rings. The van der Waals surface area contributed by atoms with Gasteiger partial charge in [-0.15, -0.1) is 12.4 Å². The predicted molar refractivity (Wildman–Crippen MR) is 116 cm³/mol. The van der Waals surface area contributed by atoms with Gasteiger partial charge < -0.3 is 14.6 Å². The van der Waals surface area contributed by atoms with Gasteiger partial charge in [0.1, 0.15) is 5.75 Å². The third-order valence-corrected chi connectivity index (χ3v) is 5.09. The lowest BCUT2D eigenvalue weighted by Crippen LogP contribution is -2.39. The average molecular weight is 440 g/mol. The van der Waals surface area contributed by atoms with Gasteiger partial charge >= 0.3 is 5.97 Å². The van der Waals surface area contributed by atoms with Crippen molar-refractivity contribution in [2.24, 2.45) is 0 Å². The second-order valence-electron chi connectivity index (χ2n) is 6.95. The molecule has 0 aromatic heterocycles. The van der Waals surface area contributed by atoms with Crippen LogP contribution in [0.15, 0.2) is 48.5 Å². The smallest absolute Gasteiger partial charge is 0.304 e. The lowest BCUT2D eigenvalue weighted by atomic mass is 10.1. The van der Waals surface area contributed by atoms with Crippen molar-refractivity contribution < 1.29 is 19.4 Å². The maximum atomic E-state index is 10.8. The second-order valence-corrected chi connectivity index (χ2v) is 7.39. The van der Waals surface area contributed by atoms with Crippen LogP contribution in [0.5, 0.6) is 5.75 Å². The molecule has 1 aliphatic heterocycles. The summed E-state index contributed by atoms with van der Waals surface area (Å²) in [6.07, 6.45) is 2.03. The Morgan fingerprint density at radius 3 is 2.59 bits per heavy atom. The number of rotatable bonds is 9. The highest BCUT2D eigenvalue weighted by molar-refractivity contribution is 6.30. The first-order chi connectivity index (χ1) is 13.6. The third kappa shape index (κ3) is 7.86. The molecule has 1 N–H and O–H groups in total. The number of carboxylic acid groups (broad SMARTS) is 1. The van der Waals surface area contributed by atoms with Gasteiger partial charge in [-0.2, -0.15) is 0 Å². The standard InChI is InChI=1S/C22H26ClNO4.ClH/c23-19-7-3-17(4-8-19)2-1-14-27-20-9-5-18(6-10-20)21-16-24(13-15-28-21)12-11-22(25)26;/h3-10,21H,1-2,11-16H2,(H,25,26);1H. The summed E-state index contributed by atoms with van der Waals surface area (Å²) >= 11 is 5.90. The summed E-state index contributed by atoms with van der Waals surface area (Å²) in [5.74, 6) is 0.0824. The molecule has 1 fully saturated rings. The van der Waals surface area contributed by atoms with Crippen LogP contribution < -0.4 is 4.74 Å². The summed E-state index contributed by atoms with van der Waals surface area (Å²) in [5.41, 5.74) is 2.35. The van der Waals surface area contributed by atoms with Gasteiger partial charge in [0.15, 0.2) is 0 Å². The molecule has 0 aliphatic carbocycles. The van der Waals surface area contributed by atoms with Crippen LogP contribution in [0.3, 0.4) is 0 Å². The highest BCUT2D eigenvalue weighted by Gasteiger charge is 2.22. The number of benzene rings is 2. The molecule has 0 amide bonds. The van der Waals surface area contributed by atoms with E-state index in [1.807, 2.05) is 48.5 Å². The Morgan fingerprint density at radius 2 is 1.90 bits per heavy atom. The number of carboxylic acids is 1. The molecule has 7 heteroatoms. The van der Waals surface area contributed by atoms with E-state index in [0.29, 0.717) is 26.3 Å². The summed E-state index contributed by atoms with van der Waals surface area (Å²) in [5, 5.41) is 9.60. The minimum atomic E-state index is -0.763. The number of aryl methyl sites for hydroxylation is 1. The molecule has 0 bridgehead atoms. The average Bonchev–Trinajstić information content (AvgIpc) is 2.72. The van der Waals surface area contributed by atoms with Crippen LogP contribution in [-0.2, 0) is 16.0 Å². The molecule has 158 valence electrons. The Labute approximate surface area is 183 Å². The van der Waals surface area contributed by atoms with E-state index in [2.05, 4.69) is 4.90 Å². The number of carbonyl (C=O) groups is 1. The van der Waals surface area contributed by atoms with Crippen molar-refractivity contribution in [1.82, 2.24) is 4.90 Å². The number of hydrogen-bond donors (Lipinski definition) is 1. The highest BCUT2D eigenvalue weighted by atomic mass is 35.5. The highest BCUT2D eigenvalue weighted by Crippen LogP contribution is 2.24. The first-order valence-electron chi connectivity index (χ1n) is 9.63. The molecule has 1 atom stereocenters. The van der Waals surface area contributed by atoms with Crippen LogP contribution in [0.1, 0.15) is 30.1 Å². The van der Waals surface area contributed by atoms with Gasteiger partial charge in [-0.3, -0.25) is 9.69 Å². The largest absolute Gasteiger partial charge is 0.494 e. The van der Waals surface area contributed by atoms with Gasteiger partial charge in [-0.05, 0) is 48.2 Å². The quantitative estimate of drug-likeness (QED) is 0.577. The Kier molecular flexibility index (Phi) is 9.74. The van der Waals surface area contributed by atoms with Crippen LogP contribution in [0.2, 0.25) is 5.02 Å². The van der Waals surface area contributed by atoms with E-state index >= 15 is 0 Å². The SMILES string of the molecule is Cl.O=C(O)CCN1CCOC(c2ccc(OCCCc3ccc(Cl)cc3)cc2)C1. The maximum absolute atomic E-state index is 10.8. The molecule has 5 nitrogen and oxygen atoms in total. The first kappa shape index (κ1) is 23.5. The minimum absolute atomic E-state index is 0. The zero-order chi connectivity index (χ0) is 19.8. The molecule has 29 heavy (non-hydrogen) atoms. The Balaban J connectivity index is 0.00000300. The monoisotopic (exact) mass is 439 g/mol. The fourth-order valence-electron chi connectivity index (χ4n) is 3.26. The zero-order valence-corrected chi connectivity index (χ0v) is 17.8. The van der Waals surface area contributed by atoms with Gasteiger partial charge in [0.05, 0.1) is 25.7 Å². The van der Waals surface area contributed by atoms with Crippen molar-refractivity contribution in [1.29, 1.82) is 0 Å². The van der Waals surface area contributed by atoms with Gasteiger partial charge in [-0.25, -0.2) is 0 Å². The van der Waals surface area contributed by atoms with E-state index in [-0.39, 0.29) is 24.9 Å². The Morgan fingerprint density at radius 1 is 1.17 bits per heavy atom. The number of halogens is 2. The topological polar surface area (TPSA) is 59.0 Å². The molecular weight excluding hydrogens is 413 g/mol. The number of ether oxygens (including phenoxy) is 2. The lowest BCUT2D eigenvalue weighted by molar-refractivity contribution is -0.137. The molecule has 1 unspecified atom stereocenters. The molecule has 3 rings (SSSR count). The number of morpholine rings is 1. The van der Waals surface area contributed by atoms with Crippen LogP contribution in [0.4, 0.5) is 0 Å². The maximum Gasteiger partial charge on any atom is 0.304 e. The van der Waals surface area contributed by atoms with Gasteiger partial charge in [0, 0.05) is 24.7 Å². The predicted octanol–water partition coefficient (Wildman–Crippen LogP) is 4.62. The fraction of sp³-hybridized carbons (Fsp3) is 0.409. The van der Waals surface area contributed by atoms with Crippen molar-refractivity contribution in [2.45, 2.75) is 25.4 Å². The second kappa shape index (κ2) is 12.0. The Hall–Kier alpha value is -1.79. The van der Waals surface area contributed by atoms with Crippen molar-refractivity contribution in [3.63, 3.8) is 0 Å². The first-order valence-corrected chi connectivity index (χ1v) is 10.0. The molecule has 1 saturated heterocycles. The fourth-order valence-corrected chi connectivity index (χ4v) is 3.38. The van der Waals surface area contributed by atoms with Crippen molar-refractivity contribution in [3.8, 4) is 5.75 Å². The van der Waals surface area contributed by atoms with Gasteiger partial charge in [0.2, 0.25) is 0 Å². The molecule has 0 saturated carbocycles. The van der Waals surface area contributed by atoms with E-state index in [1.165, 1.54) is 5.56 Å². The normalized spacial score (nSPS) is 16.8. The van der Waals surface area contributed by atoms with Crippen molar-refractivity contribution in [3.05, 3.63) is 64.7 Å². The summed E-state index contributed by atoms with van der Waals surface area (Å²) in [7, 11) is 0. The molecule has 0 radical (unpaired) electrons. The summed E-state index contributed by atoms with van der Waals surface area (Å²) in [6.45, 7) is 3.33. The van der Waals surface area contributed by atoms with E-state index in [4.69, 9.17) is 26.2 Å². The van der Waals surface area contributed by atoms with Crippen LogP contribution in [0, 0.1) is 0 Å². The van der Waals surface area contributed by atoms with Crippen molar-refractivity contribution >= 4 is 30.0 Å². The number of nitrogens with zero attached hydrogens (tertiary/aromatic N) is 1. The molecule has 2 aromatic carbocycles. The van der Waals surface area contributed by atoms with Gasteiger partial charge in [0.25, 0.3) is 0 Å². The summed E-state index contributed by atoms with van der Waals surface area (Å²) < 4.78 is 11.7. The van der Waals surface area contributed by atoms with E-state index < -0.39 is 5.97 Å². The molecule has 1 heterocycles. The van der Waals surface area contributed by atoms with Gasteiger partial charge in [-0.1, -0.05) is 35.9 Å². The number of hydrogen-bond acceptors (Lipinski definition) is 4. The third-order valence-electron chi connectivity index (χ3n) is 4.84. The van der Waals surface area contributed by atoms with E-state index in [0.717, 1.165) is 35.7 Å². The summed E-state index contributed by atoms with van der Waals surface area (Å²) in [4.78, 5) is 12.9. The van der Waals surface area contributed by atoms with Crippen LogP contribution in [0.25, 0.3) is 0 Å². The van der Waals surface area contributed by atoms with Crippen LogP contribution in [-0.4, -0.2) is 48.8 Å². The lowest BCUT2D eigenvalue weighted by Gasteiger charge is -2.32. The molecule has 1 aliphatic rings. The van der Waals surface area contributed by atoms with E-state index in [1.54, 1.807) is 0 Å². The molecule has 0 spiro atoms. The zero-order valence-electron chi connectivity index (χ0n) is 16.3. The minimum Gasteiger partial charge on any atom is -0.494 e. The number of aliphatic carboxylic acids is 1. The van der Waals surface area contributed by atoms with Crippen molar-refractivity contribution in [2.75, 3.05) is 32.8 Å². The molecular formula is C22H27Cl2NO4. The van der Waals surface area contributed by atoms with E-state index in [9.17, 15) is 4.79 Å². The Bertz CT molecular complexity index is 752. The van der Waals surface area contributed by atoms with Crippen LogP contribution >= 0.6 is 24.0 Å². The summed E-state index contributed by atoms with van der Waals surface area (Å²) in [6, 6.07) is 15.9.